The number of pyridine rings is 1. The molecule has 2 aromatic carbocycles. The Labute approximate surface area is 187 Å². The van der Waals surface area contributed by atoms with Gasteiger partial charge in [-0.15, -0.1) is 10.2 Å². The van der Waals surface area contributed by atoms with Gasteiger partial charge in [-0.3, -0.25) is 9.36 Å². The van der Waals surface area contributed by atoms with Crippen molar-refractivity contribution in [3.8, 4) is 28.3 Å². The monoisotopic (exact) mass is 445 g/mol. The van der Waals surface area contributed by atoms with Crippen molar-refractivity contribution in [3.05, 3.63) is 76.6 Å². The lowest BCUT2D eigenvalue weighted by Gasteiger charge is -2.13. The van der Waals surface area contributed by atoms with Crippen LogP contribution in [0.3, 0.4) is 0 Å². The van der Waals surface area contributed by atoms with Crippen molar-refractivity contribution >= 4 is 16.7 Å². The number of ether oxygens (including phenoxy) is 2. The fraction of sp³-hybridized carbons (Fsp3) is 0.167. The Morgan fingerprint density at radius 2 is 1.79 bits per heavy atom. The maximum atomic E-state index is 13.5. The molecule has 0 unspecified atom stereocenters. The maximum Gasteiger partial charge on any atom is 0.285 e. The molecule has 8 nitrogen and oxygen atoms in total. The average Bonchev–Trinajstić information content (AvgIpc) is 3.23. The van der Waals surface area contributed by atoms with Crippen molar-refractivity contribution in [1.82, 2.24) is 24.4 Å². The zero-order chi connectivity index (χ0) is 23.1. The first-order chi connectivity index (χ1) is 16.0. The van der Waals surface area contributed by atoms with E-state index in [1.54, 1.807) is 54.2 Å². The Bertz CT molecular complexity index is 1560. The Hall–Kier alpha value is -4.27. The van der Waals surface area contributed by atoms with Gasteiger partial charge in [-0.1, -0.05) is 19.1 Å². The van der Waals surface area contributed by atoms with Crippen LogP contribution in [-0.4, -0.2) is 38.6 Å². The summed E-state index contributed by atoms with van der Waals surface area (Å²) >= 11 is 0. The second kappa shape index (κ2) is 8.01. The number of halogens is 1. The minimum Gasteiger partial charge on any atom is -0.497 e. The summed E-state index contributed by atoms with van der Waals surface area (Å²) in [7, 11) is 3.09. The minimum absolute atomic E-state index is 0.158. The zero-order valence-electron chi connectivity index (χ0n) is 18.2. The standard InChI is InChI=1S/C24H20FN5O3/c1-4-17-21(14-5-7-15(25)8-6-14)23-27-26-22-18(30(23)28-17)11-12-29(24(22)31)19-13-16(32-2)9-10-20(19)33-3/h5-13H,4H2,1-3H3. The third-order valence-electron chi connectivity index (χ3n) is 5.57. The molecule has 5 rings (SSSR count). The molecule has 0 aliphatic heterocycles. The van der Waals surface area contributed by atoms with Crippen LogP contribution < -0.4 is 15.0 Å². The fourth-order valence-corrected chi connectivity index (χ4v) is 3.93. The lowest BCUT2D eigenvalue weighted by atomic mass is 10.0. The Kier molecular flexibility index (Phi) is 5.01. The molecule has 3 aromatic heterocycles. The maximum absolute atomic E-state index is 13.5. The largest absolute Gasteiger partial charge is 0.497 e. The van der Waals surface area contributed by atoms with Crippen molar-refractivity contribution in [2.75, 3.05) is 14.2 Å². The van der Waals surface area contributed by atoms with Gasteiger partial charge in [0.25, 0.3) is 5.56 Å². The topological polar surface area (TPSA) is 83.5 Å². The summed E-state index contributed by atoms with van der Waals surface area (Å²) in [6, 6.07) is 13.1. The van der Waals surface area contributed by atoms with Gasteiger partial charge in [-0.05, 0) is 42.3 Å². The molecule has 0 saturated heterocycles. The lowest BCUT2D eigenvalue weighted by molar-refractivity contribution is 0.401. The number of aromatic nitrogens is 5. The van der Waals surface area contributed by atoms with Gasteiger partial charge in [-0.2, -0.15) is 5.10 Å². The van der Waals surface area contributed by atoms with Gasteiger partial charge in [-0.25, -0.2) is 8.91 Å². The molecule has 3 heterocycles. The van der Waals surface area contributed by atoms with Crippen LogP contribution in [0.25, 0.3) is 33.5 Å². The minimum atomic E-state index is -0.370. The summed E-state index contributed by atoms with van der Waals surface area (Å²) in [5.74, 6) is 0.776. The first-order valence-electron chi connectivity index (χ1n) is 10.3. The number of hydrogen-bond donors (Lipinski definition) is 0. The van der Waals surface area contributed by atoms with E-state index in [2.05, 4.69) is 10.2 Å². The van der Waals surface area contributed by atoms with Crippen LogP contribution in [0.2, 0.25) is 0 Å². The van der Waals surface area contributed by atoms with E-state index in [9.17, 15) is 9.18 Å². The molecule has 0 N–H and O–H groups in total. The molecule has 166 valence electrons. The summed E-state index contributed by atoms with van der Waals surface area (Å²) in [5, 5.41) is 13.3. The molecule has 0 atom stereocenters. The normalized spacial score (nSPS) is 11.3. The third kappa shape index (κ3) is 3.29. The molecule has 0 saturated carbocycles. The van der Waals surface area contributed by atoms with E-state index in [0.29, 0.717) is 34.8 Å². The molecule has 0 spiro atoms. The number of methoxy groups -OCH3 is 2. The molecule has 0 aliphatic rings. The van der Waals surface area contributed by atoms with E-state index < -0.39 is 0 Å². The van der Waals surface area contributed by atoms with E-state index >= 15 is 0 Å². The van der Waals surface area contributed by atoms with Crippen LogP contribution in [-0.2, 0) is 6.42 Å². The van der Waals surface area contributed by atoms with Crippen molar-refractivity contribution in [2.45, 2.75) is 13.3 Å². The van der Waals surface area contributed by atoms with E-state index in [-0.39, 0.29) is 16.9 Å². The van der Waals surface area contributed by atoms with E-state index in [1.807, 2.05) is 6.92 Å². The predicted octanol–water partition coefficient (Wildman–Crippen LogP) is 3.81. The van der Waals surface area contributed by atoms with Crippen LogP contribution in [0.1, 0.15) is 12.6 Å². The van der Waals surface area contributed by atoms with Gasteiger partial charge in [0.2, 0.25) is 0 Å². The number of rotatable bonds is 5. The molecule has 0 bridgehead atoms. The summed E-state index contributed by atoms with van der Waals surface area (Å²) in [4.78, 5) is 13.4. The molecule has 9 heteroatoms. The zero-order valence-corrected chi connectivity index (χ0v) is 18.2. The molecular formula is C24H20FN5O3. The van der Waals surface area contributed by atoms with Crippen molar-refractivity contribution in [2.24, 2.45) is 0 Å². The quantitative estimate of drug-likeness (QED) is 0.409. The fourth-order valence-electron chi connectivity index (χ4n) is 3.93. The summed E-state index contributed by atoms with van der Waals surface area (Å²) in [6.45, 7) is 1.98. The van der Waals surface area contributed by atoms with Gasteiger partial charge >= 0.3 is 0 Å². The number of hydrogen-bond acceptors (Lipinski definition) is 6. The summed E-state index contributed by atoms with van der Waals surface area (Å²) < 4.78 is 27.2. The average molecular weight is 445 g/mol. The van der Waals surface area contributed by atoms with Gasteiger partial charge in [0.1, 0.15) is 22.8 Å². The SMILES string of the molecule is CCc1nn2c(nnc3c(=O)n(-c4cc(OC)ccc4OC)ccc32)c1-c1ccc(F)cc1. The van der Waals surface area contributed by atoms with Crippen LogP contribution in [0, 0.1) is 5.82 Å². The number of nitrogens with zero attached hydrogens (tertiary/aromatic N) is 5. The highest BCUT2D eigenvalue weighted by Gasteiger charge is 2.20. The first-order valence-corrected chi connectivity index (χ1v) is 10.3. The Morgan fingerprint density at radius 1 is 1.00 bits per heavy atom. The molecule has 0 amide bonds. The molecule has 33 heavy (non-hydrogen) atoms. The Morgan fingerprint density at radius 3 is 2.48 bits per heavy atom. The van der Waals surface area contributed by atoms with Crippen LogP contribution in [0.15, 0.2) is 59.5 Å². The molecule has 0 aliphatic carbocycles. The van der Waals surface area contributed by atoms with Gasteiger partial charge in [0.15, 0.2) is 11.2 Å². The number of fused-ring (bicyclic) bond motifs is 3. The molecule has 0 fully saturated rings. The molecule has 0 radical (unpaired) electrons. The molecular weight excluding hydrogens is 425 g/mol. The Balaban J connectivity index is 1.76. The number of aryl methyl sites for hydroxylation is 1. The van der Waals surface area contributed by atoms with Crippen LogP contribution >= 0.6 is 0 Å². The smallest absolute Gasteiger partial charge is 0.285 e. The first kappa shape index (κ1) is 20.6. The van der Waals surface area contributed by atoms with E-state index in [1.165, 1.54) is 23.8 Å². The second-order valence-electron chi connectivity index (χ2n) is 7.38. The van der Waals surface area contributed by atoms with Crippen LogP contribution in [0.5, 0.6) is 11.5 Å². The predicted molar refractivity (Wildman–Crippen MR) is 122 cm³/mol. The van der Waals surface area contributed by atoms with E-state index in [0.717, 1.165) is 16.8 Å². The van der Waals surface area contributed by atoms with Gasteiger partial charge < -0.3 is 9.47 Å². The van der Waals surface area contributed by atoms with Gasteiger partial charge in [0, 0.05) is 12.3 Å². The summed E-state index contributed by atoms with van der Waals surface area (Å²) in [6.07, 6.45) is 2.28. The second-order valence-corrected chi connectivity index (χ2v) is 7.38. The number of benzene rings is 2. The molecule has 5 aromatic rings. The van der Waals surface area contributed by atoms with Crippen molar-refractivity contribution in [1.29, 1.82) is 0 Å². The third-order valence-corrected chi connectivity index (χ3v) is 5.57. The summed E-state index contributed by atoms with van der Waals surface area (Å²) in [5.41, 5.74) is 3.66. The highest BCUT2D eigenvalue weighted by atomic mass is 19.1. The lowest BCUT2D eigenvalue weighted by Crippen LogP contribution is -2.20. The van der Waals surface area contributed by atoms with Gasteiger partial charge in [0.05, 0.1) is 31.2 Å². The van der Waals surface area contributed by atoms with Crippen LogP contribution in [0.4, 0.5) is 4.39 Å². The van der Waals surface area contributed by atoms with Crippen molar-refractivity contribution in [3.63, 3.8) is 0 Å². The highest BCUT2D eigenvalue weighted by molar-refractivity contribution is 5.84. The van der Waals surface area contributed by atoms with E-state index in [4.69, 9.17) is 14.6 Å². The highest BCUT2D eigenvalue weighted by Crippen LogP contribution is 2.30. The van der Waals surface area contributed by atoms with Crippen molar-refractivity contribution < 1.29 is 13.9 Å².